The number of rotatable bonds is 5. The number of benzene rings is 2. The lowest BCUT2D eigenvalue weighted by molar-refractivity contribution is -0.134. The van der Waals surface area contributed by atoms with Crippen LogP contribution in [-0.4, -0.2) is 29.4 Å². The zero-order valence-corrected chi connectivity index (χ0v) is 15.9. The van der Waals surface area contributed by atoms with E-state index in [0.717, 1.165) is 20.8 Å². The van der Waals surface area contributed by atoms with Gasteiger partial charge in [0.05, 0.1) is 16.3 Å². The van der Waals surface area contributed by atoms with Crippen LogP contribution in [0.15, 0.2) is 42.5 Å². The average Bonchev–Trinajstić information content (AvgIpc) is 3.05. The maximum atomic E-state index is 12.4. The summed E-state index contributed by atoms with van der Waals surface area (Å²) in [6.45, 7) is 3.85. The third-order valence-electron chi connectivity index (χ3n) is 4.13. The van der Waals surface area contributed by atoms with Crippen molar-refractivity contribution < 1.29 is 9.53 Å². The molecular formula is C19H19ClN2O2S. The first-order chi connectivity index (χ1) is 12.0. The normalized spacial score (nSPS) is 12.2. The first-order valence-corrected chi connectivity index (χ1v) is 9.15. The Morgan fingerprint density at radius 1 is 1.32 bits per heavy atom. The van der Waals surface area contributed by atoms with Crippen molar-refractivity contribution in [2.24, 2.45) is 0 Å². The van der Waals surface area contributed by atoms with E-state index >= 15 is 0 Å². The van der Waals surface area contributed by atoms with Crippen molar-refractivity contribution in [3.63, 3.8) is 0 Å². The number of ether oxygens (including phenoxy) is 1. The molecule has 130 valence electrons. The van der Waals surface area contributed by atoms with E-state index in [1.54, 1.807) is 35.4 Å². The van der Waals surface area contributed by atoms with Gasteiger partial charge in [0.25, 0.3) is 5.91 Å². The smallest absolute Gasteiger partial charge is 0.260 e. The van der Waals surface area contributed by atoms with Crippen LogP contribution in [0.25, 0.3) is 10.2 Å². The van der Waals surface area contributed by atoms with Crippen molar-refractivity contribution in [3.05, 3.63) is 58.1 Å². The zero-order valence-electron chi connectivity index (χ0n) is 14.3. The highest BCUT2D eigenvalue weighted by atomic mass is 35.5. The standard InChI is InChI=1S/C19H19ClN2O2S/c1-12-10-14(8-9-15(12)20)24-11-18(23)22(3)13(2)19-21-16-6-4-5-7-17(16)25-19/h4-10,13H,11H2,1-3H3/t13-/m1/s1. The monoisotopic (exact) mass is 374 g/mol. The van der Waals surface area contributed by atoms with Gasteiger partial charge in [-0.1, -0.05) is 23.7 Å². The summed E-state index contributed by atoms with van der Waals surface area (Å²) in [6, 6.07) is 13.2. The van der Waals surface area contributed by atoms with Gasteiger partial charge < -0.3 is 9.64 Å². The van der Waals surface area contributed by atoms with Crippen LogP contribution >= 0.6 is 22.9 Å². The Morgan fingerprint density at radius 2 is 2.08 bits per heavy atom. The number of para-hydroxylation sites is 1. The minimum Gasteiger partial charge on any atom is -0.484 e. The number of aromatic nitrogens is 1. The molecule has 0 bridgehead atoms. The van der Waals surface area contributed by atoms with E-state index in [2.05, 4.69) is 4.98 Å². The quantitative estimate of drug-likeness (QED) is 0.640. The van der Waals surface area contributed by atoms with Crippen molar-refractivity contribution in [1.82, 2.24) is 9.88 Å². The van der Waals surface area contributed by atoms with Crippen LogP contribution in [0.2, 0.25) is 5.02 Å². The third-order valence-corrected chi connectivity index (χ3v) is 5.76. The van der Waals surface area contributed by atoms with Gasteiger partial charge in [0.15, 0.2) is 6.61 Å². The highest BCUT2D eigenvalue weighted by molar-refractivity contribution is 7.18. The van der Waals surface area contributed by atoms with Gasteiger partial charge in [0, 0.05) is 12.1 Å². The summed E-state index contributed by atoms with van der Waals surface area (Å²) in [4.78, 5) is 18.7. The molecule has 3 rings (SSSR count). The Balaban J connectivity index is 1.65. The highest BCUT2D eigenvalue weighted by Gasteiger charge is 2.21. The van der Waals surface area contributed by atoms with E-state index in [1.165, 1.54) is 0 Å². The molecule has 4 nitrogen and oxygen atoms in total. The van der Waals surface area contributed by atoms with Gasteiger partial charge in [0.1, 0.15) is 10.8 Å². The fourth-order valence-electron chi connectivity index (χ4n) is 2.40. The van der Waals surface area contributed by atoms with Gasteiger partial charge in [-0.3, -0.25) is 4.79 Å². The van der Waals surface area contributed by atoms with Crippen molar-refractivity contribution in [3.8, 4) is 5.75 Å². The molecule has 0 radical (unpaired) electrons. The predicted octanol–water partition coefficient (Wildman–Crippen LogP) is 4.86. The molecule has 25 heavy (non-hydrogen) atoms. The van der Waals surface area contributed by atoms with E-state index in [0.29, 0.717) is 10.8 Å². The fourth-order valence-corrected chi connectivity index (χ4v) is 3.58. The summed E-state index contributed by atoms with van der Waals surface area (Å²) in [5, 5.41) is 1.60. The van der Waals surface area contributed by atoms with Gasteiger partial charge in [-0.2, -0.15) is 0 Å². The number of carbonyl (C=O) groups is 1. The number of hydrogen-bond acceptors (Lipinski definition) is 4. The number of halogens is 1. The molecule has 0 spiro atoms. The number of likely N-dealkylation sites (N-methyl/N-ethyl adjacent to an activating group) is 1. The second-order valence-electron chi connectivity index (χ2n) is 5.90. The van der Waals surface area contributed by atoms with Crippen LogP contribution in [0, 0.1) is 6.92 Å². The van der Waals surface area contributed by atoms with Gasteiger partial charge in [-0.15, -0.1) is 11.3 Å². The Hall–Kier alpha value is -2.11. The summed E-state index contributed by atoms with van der Waals surface area (Å²) in [7, 11) is 1.77. The van der Waals surface area contributed by atoms with Crippen LogP contribution < -0.4 is 4.74 Å². The minimum atomic E-state index is -0.111. The summed E-state index contributed by atoms with van der Waals surface area (Å²) in [5.41, 5.74) is 1.88. The molecule has 0 aliphatic carbocycles. The molecule has 0 N–H and O–H groups in total. The molecule has 1 aromatic heterocycles. The summed E-state index contributed by atoms with van der Waals surface area (Å²) < 4.78 is 6.73. The predicted molar refractivity (Wildman–Crippen MR) is 102 cm³/mol. The minimum absolute atomic E-state index is 0.0210. The molecule has 0 aliphatic heterocycles. The van der Waals surface area contributed by atoms with Crippen LogP contribution in [0.5, 0.6) is 5.75 Å². The van der Waals surface area contributed by atoms with Gasteiger partial charge in [-0.25, -0.2) is 4.98 Å². The Morgan fingerprint density at radius 3 is 2.80 bits per heavy atom. The number of nitrogens with zero attached hydrogens (tertiary/aromatic N) is 2. The van der Waals surface area contributed by atoms with Crippen molar-refractivity contribution >= 4 is 39.1 Å². The molecule has 2 aromatic carbocycles. The highest BCUT2D eigenvalue weighted by Crippen LogP contribution is 2.29. The Bertz CT molecular complexity index is 876. The molecule has 6 heteroatoms. The van der Waals surface area contributed by atoms with Crippen LogP contribution in [0.1, 0.15) is 23.5 Å². The number of fused-ring (bicyclic) bond motifs is 1. The number of hydrogen-bond donors (Lipinski definition) is 0. The average molecular weight is 375 g/mol. The largest absolute Gasteiger partial charge is 0.484 e. The van der Waals surface area contributed by atoms with E-state index < -0.39 is 0 Å². The van der Waals surface area contributed by atoms with Crippen LogP contribution in [0.4, 0.5) is 0 Å². The Labute approximate surface area is 156 Å². The van der Waals surface area contributed by atoms with Crippen molar-refractivity contribution in [2.45, 2.75) is 19.9 Å². The summed E-state index contributed by atoms with van der Waals surface area (Å²) in [6.07, 6.45) is 0. The number of amides is 1. The number of thiazole rings is 1. The lowest BCUT2D eigenvalue weighted by Gasteiger charge is -2.23. The van der Waals surface area contributed by atoms with Crippen molar-refractivity contribution in [2.75, 3.05) is 13.7 Å². The SMILES string of the molecule is Cc1cc(OCC(=O)N(C)[C@H](C)c2nc3ccccc3s2)ccc1Cl. The Kier molecular flexibility index (Phi) is 5.25. The van der Waals surface area contributed by atoms with Gasteiger partial charge in [-0.05, 0) is 49.7 Å². The molecule has 0 unspecified atom stereocenters. The van der Waals surface area contributed by atoms with Gasteiger partial charge in [0.2, 0.25) is 0 Å². The molecule has 1 atom stereocenters. The third kappa shape index (κ3) is 3.94. The molecule has 0 saturated carbocycles. The van der Waals surface area contributed by atoms with Crippen molar-refractivity contribution in [1.29, 1.82) is 0 Å². The molecule has 0 aliphatic rings. The summed E-state index contributed by atoms with van der Waals surface area (Å²) in [5.74, 6) is 0.538. The molecule has 1 amide bonds. The molecular weight excluding hydrogens is 356 g/mol. The van der Waals surface area contributed by atoms with E-state index in [9.17, 15) is 4.79 Å². The second-order valence-corrected chi connectivity index (χ2v) is 7.37. The maximum absolute atomic E-state index is 12.4. The lowest BCUT2D eigenvalue weighted by Crippen LogP contribution is -2.33. The maximum Gasteiger partial charge on any atom is 0.260 e. The molecule has 0 saturated heterocycles. The first-order valence-electron chi connectivity index (χ1n) is 7.96. The lowest BCUT2D eigenvalue weighted by atomic mass is 10.2. The number of aryl methyl sites for hydroxylation is 1. The summed E-state index contributed by atoms with van der Waals surface area (Å²) >= 11 is 7.61. The molecule has 0 fully saturated rings. The fraction of sp³-hybridized carbons (Fsp3) is 0.263. The van der Waals surface area contributed by atoms with E-state index in [1.807, 2.05) is 44.2 Å². The molecule has 1 heterocycles. The van der Waals surface area contributed by atoms with Crippen LogP contribution in [0.3, 0.4) is 0 Å². The first kappa shape index (κ1) is 17.7. The van der Waals surface area contributed by atoms with Gasteiger partial charge >= 0.3 is 0 Å². The van der Waals surface area contributed by atoms with E-state index in [4.69, 9.17) is 16.3 Å². The zero-order chi connectivity index (χ0) is 18.0. The second kappa shape index (κ2) is 7.42. The topological polar surface area (TPSA) is 42.4 Å². The molecule has 3 aromatic rings. The van der Waals surface area contributed by atoms with E-state index in [-0.39, 0.29) is 18.6 Å². The van der Waals surface area contributed by atoms with Crippen LogP contribution in [-0.2, 0) is 4.79 Å². The number of carbonyl (C=O) groups excluding carboxylic acids is 1.